The van der Waals surface area contributed by atoms with Crippen LogP contribution in [0.4, 0.5) is 19.0 Å². The molecule has 0 unspecified atom stereocenters. The first kappa shape index (κ1) is 18.5. The van der Waals surface area contributed by atoms with Crippen LogP contribution in [0.15, 0.2) is 12.3 Å². The number of nitrogens with zero attached hydrogens (tertiary/aromatic N) is 3. The van der Waals surface area contributed by atoms with Gasteiger partial charge in [0, 0.05) is 25.1 Å². The van der Waals surface area contributed by atoms with Crippen molar-refractivity contribution in [3.8, 4) is 6.07 Å². The maximum Gasteiger partial charge on any atom is 0.417 e. The number of amides is 1. The first-order valence-corrected chi connectivity index (χ1v) is 7.82. The van der Waals surface area contributed by atoms with E-state index in [1.165, 1.54) is 0 Å². The van der Waals surface area contributed by atoms with E-state index in [0.29, 0.717) is 45.1 Å². The number of alkyl halides is 3. The van der Waals surface area contributed by atoms with Gasteiger partial charge in [-0.1, -0.05) is 11.6 Å². The van der Waals surface area contributed by atoms with Crippen LogP contribution in [-0.4, -0.2) is 35.4 Å². The van der Waals surface area contributed by atoms with Gasteiger partial charge in [-0.3, -0.25) is 4.79 Å². The lowest BCUT2D eigenvalue weighted by atomic mass is 9.96. The van der Waals surface area contributed by atoms with E-state index in [-0.39, 0.29) is 22.7 Å². The first-order valence-electron chi connectivity index (χ1n) is 7.44. The normalized spacial score (nSPS) is 16.6. The second kappa shape index (κ2) is 7.81. The smallest absolute Gasteiger partial charge is 0.309 e. The molecule has 0 radical (unpaired) electrons. The molecule has 1 aliphatic rings. The predicted molar refractivity (Wildman–Crippen MR) is 82.3 cm³/mol. The van der Waals surface area contributed by atoms with Crippen LogP contribution in [0.1, 0.15) is 24.8 Å². The summed E-state index contributed by atoms with van der Waals surface area (Å²) in [5.74, 6) is -0.617. The molecule has 0 aliphatic carbocycles. The number of likely N-dealkylation sites (tertiary alicyclic amines) is 1. The van der Waals surface area contributed by atoms with Crippen LogP contribution >= 0.6 is 11.6 Å². The van der Waals surface area contributed by atoms with Gasteiger partial charge in [0.15, 0.2) is 5.82 Å². The SMILES string of the molecule is N#CCCN1CCC(C(=O)Nc2ncc(C(F)(F)F)cc2Cl)CC1. The van der Waals surface area contributed by atoms with Crippen molar-refractivity contribution in [3.63, 3.8) is 0 Å². The summed E-state index contributed by atoms with van der Waals surface area (Å²) >= 11 is 5.78. The average Bonchev–Trinajstić information content (AvgIpc) is 2.54. The monoisotopic (exact) mass is 360 g/mol. The molecule has 0 bridgehead atoms. The van der Waals surface area contributed by atoms with Gasteiger partial charge in [0.2, 0.25) is 5.91 Å². The van der Waals surface area contributed by atoms with Gasteiger partial charge in [0.1, 0.15) is 0 Å². The molecule has 5 nitrogen and oxygen atoms in total. The molecule has 0 aromatic carbocycles. The number of carbonyl (C=O) groups is 1. The Bertz CT molecular complexity index is 637. The van der Waals surface area contributed by atoms with Crippen LogP contribution in [0.2, 0.25) is 5.02 Å². The van der Waals surface area contributed by atoms with Crippen LogP contribution < -0.4 is 5.32 Å². The highest BCUT2D eigenvalue weighted by Gasteiger charge is 2.32. The van der Waals surface area contributed by atoms with Gasteiger partial charge in [0.05, 0.1) is 16.7 Å². The van der Waals surface area contributed by atoms with Gasteiger partial charge in [-0.2, -0.15) is 18.4 Å². The fourth-order valence-electron chi connectivity index (χ4n) is 2.53. The van der Waals surface area contributed by atoms with Crippen molar-refractivity contribution >= 4 is 23.3 Å². The number of piperidine rings is 1. The third kappa shape index (κ3) is 4.82. The molecule has 1 N–H and O–H groups in total. The summed E-state index contributed by atoms with van der Waals surface area (Å²) in [7, 11) is 0. The van der Waals surface area contributed by atoms with E-state index < -0.39 is 11.7 Å². The average molecular weight is 361 g/mol. The zero-order valence-electron chi connectivity index (χ0n) is 12.7. The highest BCUT2D eigenvalue weighted by Crippen LogP contribution is 2.32. The maximum absolute atomic E-state index is 12.6. The summed E-state index contributed by atoms with van der Waals surface area (Å²) in [6.07, 6.45) is -2.20. The zero-order chi connectivity index (χ0) is 17.7. The molecule has 1 fully saturated rings. The topological polar surface area (TPSA) is 69.0 Å². The minimum absolute atomic E-state index is 0.0680. The Labute approximate surface area is 142 Å². The molecule has 1 aromatic heterocycles. The Hall–Kier alpha value is -1.85. The van der Waals surface area contributed by atoms with E-state index in [2.05, 4.69) is 21.3 Å². The van der Waals surface area contributed by atoms with Crippen LogP contribution in [0.25, 0.3) is 0 Å². The fourth-order valence-corrected chi connectivity index (χ4v) is 2.74. The van der Waals surface area contributed by atoms with Crippen LogP contribution in [0.5, 0.6) is 0 Å². The molecule has 1 amide bonds. The second-order valence-corrected chi connectivity index (χ2v) is 5.97. The molecule has 1 aromatic rings. The van der Waals surface area contributed by atoms with E-state index in [1.54, 1.807) is 0 Å². The Kier molecular flexibility index (Phi) is 6.02. The molecule has 2 rings (SSSR count). The fraction of sp³-hybridized carbons (Fsp3) is 0.533. The van der Waals surface area contributed by atoms with Gasteiger partial charge in [0.25, 0.3) is 0 Å². The number of hydrogen-bond donors (Lipinski definition) is 1. The van der Waals surface area contributed by atoms with Gasteiger partial charge in [-0.15, -0.1) is 0 Å². The van der Waals surface area contributed by atoms with Gasteiger partial charge in [-0.25, -0.2) is 4.98 Å². The lowest BCUT2D eigenvalue weighted by molar-refractivity contribution is -0.137. The number of nitriles is 1. The van der Waals surface area contributed by atoms with Crippen molar-refractivity contribution in [2.24, 2.45) is 5.92 Å². The first-order chi connectivity index (χ1) is 11.3. The molecule has 2 heterocycles. The number of nitrogens with one attached hydrogen (secondary N) is 1. The quantitative estimate of drug-likeness (QED) is 0.894. The summed E-state index contributed by atoms with van der Waals surface area (Å²) in [6, 6.07) is 2.82. The van der Waals surface area contributed by atoms with Gasteiger partial charge in [-0.05, 0) is 32.0 Å². The molecule has 24 heavy (non-hydrogen) atoms. The van der Waals surface area contributed by atoms with Crippen molar-refractivity contribution in [2.75, 3.05) is 25.0 Å². The molecule has 0 atom stereocenters. The minimum atomic E-state index is -4.53. The zero-order valence-corrected chi connectivity index (χ0v) is 13.5. The Morgan fingerprint density at radius 3 is 2.67 bits per heavy atom. The summed E-state index contributed by atoms with van der Waals surface area (Å²) in [6.45, 7) is 2.08. The number of anilines is 1. The van der Waals surface area contributed by atoms with E-state index in [0.717, 1.165) is 6.07 Å². The lowest BCUT2D eigenvalue weighted by Gasteiger charge is -2.30. The molecule has 130 valence electrons. The van der Waals surface area contributed by atoms with Crippen molar-refractivity contribution in [1.29, 1.82) is 5.26 Å². The van der Waals surface area contributed by atoms with Crippen molar-refractivity contribution in [2.45, 2.75) is 25.4 Å². The summed E-state index contributed by atoms with van der Waals surface area (Å²) in [5.41, 5.74) is -0.962. The van der Waals surface area contributed by atoms with Crippen LogP contribution in [0, 0.1) is 17.2 Å². The Morgan fingerprint density at radius 1 is 1.46 bits per heavy atom. The molecular formula is C15H16ClF3N4O. The maximum atomic E-state index is 12.6. The summed E-state index contributed by atoms with van der Waals surface area (Å²) < 4.78 is 37.7. The molecular weight excluding hydrogens is 345 g/mol. The number of carbonyl (C=O) groups excluding carboxylic acids is 1. The Balaban J connectivity index is 1.93. The number of hydrogen-bond acceptors (Lipinski definition) is 4. The lowest BCUT2D eigenvalue weighted by Crippen LogP contribution is -2.38. The third-order valence-corrected chi connectivity index (χ3v) is 4.20. The third-order valence-electron chi connectivity index (χ3n) is 3.91. The van der Waals surface area contributed by atoms with Crippen LogP contribution in [0.3, 0.4) is 0 Å². The standard InChI is InChI=1S/C15H16ClF3N4O/c16-12-8-11(15(17,18)19)9-21-13(12)22-14(24)10-2-6-23(7-3-10)5-1-4-20/h8-10H,1-3,5-7H2,(H,21,22,24). The van der Waals surface area contributed by atoms with E-state index in [4.69, 9.17) is 16.9 Å². The minimum Gasteiger partial charge on any atom is -0.309 e. The summed E-state index contributed by atoms with van der Waals surface area (Å²) in [4.78, 5) is 17.9. The highest BCUT2D eigenvalue weighted by atomic mass is 35.5. The number of aromatic nitrogens is 1. The highest BCUT2D eigenvalue weighted by molar-refractivity contribution is 6.33. The van der Waals surface area contributed by atoms with E-state index in [9.17, 15) is 18.0 Å². The van der Waals surface area contributed by atoms with Crippen molar-refractivity contribution in [1.82, 2.24) is 9.88 Å². The Morgan fingerprint density at radius 2 is 2.12 bits per heavy atom. The van der Waals surface area contributed by atoms with Gasteiger partial charge >= 0.3 is 6.18 Å². The largest absolute Gasteiger partial charge is 0.417 e. The van der Waals surface area contributed by atoms with Crippen molar-refractivity contribution in [3.05, 3.63) is 22.8 Å². The molecule has 1 aliphatic heterocycles. The van der Waals surface area contributed by atoms with Crippen molar-refractivity contribution < 1.29 is 18.0 Å². The molecule has 0 saturated carbocycles. The molecule has 1 saturated heterocycles. The van der Waals surface area contributed by atoms with E-state index >= 15 is 0 Å². The van der Waals surface area contributed by atoms with Gasteiger partial charge < -0.3 is 10.2 Å². The van der Waals surface area contributed by atoms with Crippen LogP contribution in [-0.2, 0) is 11.0 Å². The second-order valence-electron chi connectivity index (χ2n) is 5.57. The molecule has 0 spiro atoms. The number of halogens is 4. The van der Waals surface area contributed by atoms with E-state index in [1.807, 2.05) is 0 Å². The number of rotatable bonds is 4. The summed E-state index contributed by atoms with van der Waals surface area (Å²) in [5, 5.41) is 10.8. The molecule has 9 heteroatoms. The predicted octanol–water partition coefficient (Wildman–Crippen LogP) is 3.32. The number of pyridine rings is 1.